The fourth-order valence-electron chi connectivity index (χ4n) is 3.88. The summed E-state index contributed by atoms with van der Waals surface area (Å²) in [6.45, 7) is 4.23. The largest absolute Gasteiger partial charge is 0.338 e. The fourth-order valence-corrected chi connectivity index (χ4v) is 3.88. The average Bonchev–Trinajstić information content (AvgIpc) is 3.33. The lowest BCUT2D eigenvalue weighted by atomic mass is 10.1. The van der Waals surface area contributed by atoms with Gasteiger partial charge in [-0.1, -0.05) is 42.3 Å². The number of piperazine rings is 1. The van der Waals surface area contributed by atoms with Gasteiger partial charge in [0.05, 0.1) is 6.54 Å². The summed E-state index contributed by atoms with van der Waals surface area (Å²) in [4.78, 5) is 23.1. The van der Waals surface area contributed by atoms with Gasteiger partial charge in [-0.05, 0) is 42.5 Å². The van der Waals surface area contributed by atoms with Crippen LogP contribution in [0, 0.1) is 12.3 Å². The van der Waals surface area contributed by atoms with Crippen LogP contribution in [0.2, 0.25) is 0 Å². The molecule has 0 saturated carbocycles. The summed E-state index contributed by atoms with van der Waals surface area (Å²) < 4.78 is 0. The van der Waals surface area contributed by atoms with Crippen molar-refractivity contribution in [1.29, 1.82) is 0 Å². The van der Waals surface area contributed by atoms with E-state index in [1.165, 1.54) is 0 Å². The third-order valence-corrected chi connectivity index (χ3v) is 5.81. The number of rotatable bonds is 5. The second-order valence-corrected chi connectivity index (χ2v) is 8.29. The third kappa shape index (κ3) is 5.05. The van der Waals surface area contributed by atoms with Crippen molar-refractivity contribution in [3.63, 3.8) is 0 Å². The summed E-state index contributed by atoms with van der Waals surface area (Å²) in [7, 11) is 2.12. The molecule has 0 spiro atoms. The first-order valence-electron chi connectivity index (χ1n) is 11.3. The molecule has 0 unspecified atom stereocenters. The average molecular weight is 451 g/mol. The smallest absolute Gasteiger partial charge is 0.235 e. The van der Waals surface area contributed by atoms with Gasteiger partial charge >= 0.3 is 0 Å². The monoisotopic (exact) mass is 450 g/mol. The minimum Gasteiger partial charge on any atom is -0.338 e. The Kier molecular flexibility index (Phi) is 6.19. The van der Waals surface area contributed by atoms with Crippen LogP contribution in [0.25, 0.3) is 5.57 Å². The molecule has 1 fully saturated rings. The summed E-state index contributed by atoms with van der Waals surface area (Å²) in [5.41, 5.74) is 3.92. The summed E-state index contributed by atoms with van der Waals surface area (Å²) in [5.74, 6) is 4.92. The first kappa shape index (κ1) is 21.6. The maximum absolute atomic E-state index is 5.56. The summed E-state index contributed by atoms with van der Waals surface area (Å²) in [6, 6.07) is 17.9. The summed E-state index contributed by atoms with van der Waals surface area (Å²) in [6.07, 6.45) is 7.60. The number of anilines is 4. The zero-order valence-electron chi connectivity index (χ0n) is 19.1. The molecule has 170 valence electrons. The quantitative estimate of drug-likeness (QED) is 0.578. The maximum Gasteiger partial charge on any atom is 0.235 e. The van der Waals surface area contributed by atoms with Crippen molar-refractivity contribution < 1.29 is 0 Å². The lowest BCUT2D eigenvalue weighted by Crippen LogP contribution is -2.45. The Hall–Kier alpha value is -4.22. The van der Waals surface area contributed by atoms with Crippen LogP contribution in [0.4, 0.5) is 23.5 Å². The van der Waals surface area contributed by atoms with Gasteiger partial charge in [-0.2, -0.15) is 15.0 Å². The molecule has 2 aliphatic rings. The standard InChI is InChI=1S/C26H26N8/c1-3-19-8-7-11-22(16-19)28-24-30-25(32-26(31-24)34-14-12-33(2)13-15-34)29-23-17-21(18-27-23)20-9-5-4-6-10-20/h1,4-11,16-17H,12-15,18H2,2H3,(H2,27,28,29,30,31,32). The minimum absolute atomic E-state index is 0.448. The highest BCUT2D eigenvalue weighted by molar-refractivity contribution is 6.10. The van der Waals surface area contributed by atoms with Crippen LogP contribution >= 0.6 is 0 Å². The molecule has 3 aromatic rings. The highest BCUT2D eigenvalue weighted by Gasteiger charge is 2.20. The van der Waals surface area contributed by atoms with Gasteiger partial charge in [-0.15, -0.1) is 6.42 Å². The van der Waals surface area contributed by atoms with E-state index in [2.05, 4.69) is 55.5 Å². The molecule has 8 nitrogen and oxygen atoms in total. The van der Waals surface area contributed by atoms with Gasteiger partial charge in [-0.3, -0.25) is 4.99 Å². The number of nitrogens with zero attached hydrogens (tertiary/aromatic N) is 6. The van der Waals surface area contributed by atoms with Crippen molar-refractivity contribution in [3.8, 4) is 12.3 Å². The van der Waals surface area contributed by atoms with E-state index in [1.807, 2.05) is 48.5 Å². The zero-order chi connectivity index (χ0) is 23.3. The van der Waals surface area contributed by atoms with Gasteiger partial charge in [0.25, 0.3) is 0 Å². The van der Waals surface area contributed by atoms with Crippen LogP contribution in [-0.4, -0.2) is 65.5 Å². The fraction of sp³-hybridized carbons (Fsp3) is 0.231. The Labute approximate surface area is 199 Å². The second kappa shape index (κ2) is 9.73. The van der Waals surface area contributed by atoms with E-state index in [-0.39, 0.29) is 0 Å². The lowest BCUT2D eigenvalue weighted by molar-refractivity contribution is 0.311. The number of amidine groups is 1. The van der Waals surface area contributed by atoms with Gasteiger partial charge in [0.2, 0.25) is 17.8 Å². The Morgan fingerprint density at radius 1 is 0.882 bits per heavy atom. The SMILES string of the molecule is C#Cc1cccc(Nc2nc(NC3=NCC(c4ccccc4)=C3)nc(N3CCN(C)CC3)n2)c1. The highest BCUT2D eigenvalue weighted by Crippen LogP contribution is 2.22. The van der Waals surface area contributed by atoms with E-state index in [0.29, 0.717) is 24.4 Å². The molecule has 2 aromatic carbocycles. The van der Waals surface area contributed by atoms with Crippen LogP contribution in [0.15, 0.2) is 65.7 Å². The van der Waals surface area contributed by atoms with E-state index in [1.54, 1.807) is 0 Å². The Bertz CT molecular complexity index is 1270. The van der Waals surface area contributed by atoms with Gasteiger partial charge < -0.3 is 20.4 Å². The molecule has 8 heteroatoms. The van der Waals surface area contributed by atoms with Crippen molar-refractivity contribution in [2.75, 3.05) is 55.3 Å². The molecular formula is C26H26N8. The minimum atomic E-state index is 0.448. The molecule has 0 atom stereocenters. The molecule has 0 bridgehead atoms. The van der Waals surface area contributed by atoms with Crippen LogP contribution in [0.1, 0.15) is 11.1 Å². The van der Waals surface area contributed by atoms with Gasteiger partial charge in [0.1, 0.15) is 5.84 Å². The van der Waals surface area contributed by atoms with Gasteiger partial charge in [0, 0.05) is 37.4 Å². The molecule has 34 heavy (non-hydrogen) atoms. The van der Waals surface area contributed by atoms with Gasteiger partial charge in [-0.25, -0.2) is 0 Å². The van der Waals surface area contributed by atoms with Gasteiger partial charge in [0.15, 0.2) is 0 Å². The number of hydrogen-bond donors (Lipinski definition) is 2. The Morgan fingerprint density at radius 3 is 2.41 bits per heavy atom. The number of terminal acetylenes is 1. The molecule has 1 saturated heterocycles. The van der Waals surface area contributed by atoms with Crippen LogP contribution in [0.3, 0.4) is 0 Å². The van der Waals surface area contributed by atoms with E-state index >= 15 is 0 Å². The number of aromatic nitrogens is 3. The third-order valence-electron chi connectivity index (χ3n) is 5.81. The number of likely N-dealkylation sites (N-methyl/N-ethyl adjacent to an activating group) is 1. The van der Waals surface area contributed by atoms with Crippen molar-refractivity contribution in [1.82, 2.24) is 19.9 Å². The Morgan fingerprint density at radius 2 is 1.65 bits per heavy atom. The number of benzene rings is 2. The van der Waals surface area contributed by atoms with E-state index in [0.717, 1.165) is 54.4 Å². The molecule has 1 aromatic heterocycles. The molecule has 2 aliphatic heterocycles. The molecule has 2 N–H and O–H groups in total. The molecule has 0 aliphatic carbocycles. The maximum atomic E-state index is 5.56. The second-order valence-electron chi connectivity index (χ2n) is 8.29. The predicted molar refractivity (Wildman–Crippen MR) is 138 cm³/mol. The van der Waals surface area contributed by atoms with Crippen molar-refractivity contribution >= 4 is 34.9 Å². The van der Waals surface area contributed by atoms with Crippen LogP contribution in [0.5, 0.6) is 0 Å². The molecule has 5 rings (SSSR count). The molecule has 0 amide bonds. The first-order valence-corrected chi connectivity index (χ1v) is 11.3. The van der Waals surface area contributed by atoms with Crippen LogP contribution < -0.4 is 15.5 Å². The topological polar surface area (TPSA) is 81.6 Å². The predicted octanol–water partition coefficient (Wildman–Crippen LogP) is 3.26. The highest BCUT2D eigenvalue weighted by atomic mass is 15.4. The van der Waals surface area contributed by atoms with E-state index < -0.39 is 0 Å². The summed E-state index contributed by atoms with van der Waals surface area (Å²) >= 11 is 0. The summed E-state index contributed by atoms with van der Waals surface area (Å²) in [5, 5.41) is 6.56. The van der Waals surface area contributed by atoms with Crippen LogP contribution in [-0.2, 0) is 0 Å². The lowest BCUT2D eigenvalue weighted by Gasteiger charge is -2.32. The molecular weight excluding hydrogens is 424 g/mol. The van der Waals surface area contributed by atoms with Crippen molar-refractivity contribution in [2.45, 2.75) is 0 Å². The Balaban J connectivity index is 1.41. The molecule has 3 heterocycles. The first-order chi connectivity index (χ1) is 16.7. The zero-order valence-corrected chi connectivity index (χ0v) is 19.1. The number of hydrogen-bond acceptors (Lipinski definition) is 8. The molecule has 0 radical (unpaired) electrons. The van der Waals surface area contributed by atoms with E-state index in [4.69, 9.17) is 16.4 Å². The van der Waals surface area contributed by atoms with E-state index in [9.17, 15) is 0 Å². The van der Waals surface area contributed by atoms with Crippen molar-refractivity contribution in [2.24, 2.45) is 4.99 Å². The number of aliphatic imine (C=N–C) groups is 1. The normalized spacial score (nSPS) is 15.9. The van der Waals surface area contributed by atoms with Crippen molar-refractivity contribution in [3.05, 3.63) is 71.8 Å². The number of nitrogens with one attached hydrogen (secondary N) is 2.